The number of nitrogens with two attached hydrogens (primary N) is 1. The third-order valence-electron chi connectivity index (χ3n) is 3.42. The van der Waals surface area contributed by atoms with Crippen LogP contribution in [0, 0.1) is 11.3 Å². The summed E-state index contributed by atoms with van der Waals surface area (Å²) in [6, 6.07) is 7.85. The van der Waals surface area contributed by atoms with Crippen LogP contribution in [-0.2, 0) is 11.3 Å². The number of rotatable bonds is 5. The first-order chi connectivity index (χ1) is 9.23. The molecule has 0 radical (unpaired) electrons. The third kappa shape index (κ3) is 5.33. The lowest BCUT2D eigenvalue weighted by molar-refractivity contribution is -0.119. The smallest absolute Gasteiger partial charge is 0.226 e. The molecule has 20 heavy (non-hydrogen) atoms. The summed E-state index contributed by atoms with van der Waals surface area (Å²) in [5.74, 6) is 0.565. The predicted molar refractivity (Wildman–Crippen MR) is 85.6 cm³/mol. The number of benzene rings is 1. The van der Waals surface area contributed by atoms with E-state index in [9.17, 15) is 4.79 Å². The quantitative estimate of drug-likeness (QED) is 0.893. The average molecular weight is 276 g/mol. The monoisotopic (exact) mass is 276 g/mol. The fourth-order valence-electron chi connectivity index (χ4n) is 2.55. The maximum atomic E-state index is 12.3. The lowest BCUT2D eigenvalue weighted by atomic mass is 9.84. The van der Waals surface area contributed by atoms with Crippen molar-refractivity contribution >= 4 is 11.6 Å². The van der Waals surface area contributed by atoms with E-state index in [1.54, 1.807) is 4.90 Å². The maximum Gasteiger partial charge on any atom is 0.226 e. The van der Waals surface area contributed by atoms with Crippen LogP contribution in [0.25, 0.3) is 0 Å². The number of carbonyl (C=O) groups excluding carboxylic acids is 1. The molecule has 0 saturated carbocycles. The molecule has 1 aromatic carbocycles. The van der Waals surface area contributed by atoms with Gasteiger partial charge < -0.3 is 10.6 Å². The van der Waals surface area contributed by atoms with Gasteiger partial charge in [0, 0.05) is 25.7 Å². The van der Waals surface area contributed by atoms with Gasteiger partial charge in [-0.2, -0.15) is 0 Å². The summed E-state index contributed by atoms with van der Waals surface area (Å²) in [7, 11) is 1.84. The van der Waals surface area contributed by atoms with E-state index >= 15 is 0 Å². The fraction of sp³-hybridized carbons (Fsp3) is 0.588. The van der Waals surface area contributed by atoms with Gasteiger partial charge in [-0.15, -0.1) is 0 Å². The van der Waals surface area contributed by atoms with Crippen molar-refractivity contribution in [1.82, 2.24) is 0 Å². The number of nitrogens with zero attached hydrogens (tertiary/aromatic N) is 1. The summed E-state index contributed by atoms with van der Waals surface area (Å²) in [5, 5.41) is 0. The van der Waals surface area contributed by atoms with Crippen LogP contribution in [0.5, 0.6) is 0 Å². The van der Waals surface area contributed by atoms with Gasteiger partial charge in [0.15, 0.2) is 0 Å². The van der Waals surface area contributed by atoms with Gasteiger partial charge in [-0.25, -0.2) is 0 Å². The van der Waals surface area contributed by atoms with E-state index in [2.05, 4.69) is 27.7 Å². The Labute approximate surface area is 123 Å². The number of hydrogen-bond donors (Lipinski definition) is 1. The Kier molecular flexibility index (Phi) is 5.75. The standard InChI is InChI=1S/C17H28N2O/c1-13(11-17(2,3)4)10-16(20)19(5)15-8-6-14(12-18)7-9-15/h6-9,13H,10-12,18H2,1-5H3. The zero-order valence-corrected chi connectivity index (χ0v) is 13.4. The molecule has 0 heterocycles. The van der Waals surface area contributed by atoms with Gasteiger partial charge in [0.1, 0.15) is 0 Å². The zero-order valence-electron chi connectivity index (χ0n) is 13.4. The molecule has 3 nitrogen and oxygen atoms in total. The summed E-state index contributed by atoms with van der Waals surface area (Å²) in [4.78, 5) is 14.0. The lowest BCUT2D eigenvalue weighted by Crippen LogP contribution is -2.28. The first kappa shape index (κ1) is 16.7. The van der Waals surface area contributed by atoms with E-state index in [-0.39, 0.29) is 11.3 Å². The van der Waals surface area contributed by atoms with Gasteiger partial charge in [-0.1, -0.05) is 39.8 Å². The molecule has 1 aromatic rings. The summed E-state index contributed by atoms with van der Waals surface area (Å²) >= 11 is 0. The number of carbonyl (C=O) groups is 1. The molecule has 0 aliphatic heterocycles. The molecule has 0 bridgehead atoms. The molecular weight excluding hydrogens is 248 g/mol. The minimum Gasteiger partial charge on any atom is -0.326 e. The van der Waals surface area contributed by atoms with Gasteiger partial charge in [0.2, 0.25) is 5.91 Å². The maximum absolute atomic E-state index is 12.3. The third-order valence-corrected chi connectivity index (χ3v) is 3.42. The van der Waals surface area contributed by atoms with Gasteiger partial charge in [-0.3, -0.25) is 4.79 Å². The number of hydrogen-bond acceptors (Lipinski definition) is 2. The van der Waals surface area contributed by atoms with Crippen LogP contribution >= 0.6 is 0 Å². The lowest BCUT2D eigenvalue weighted by Gasteiger charge is -2.25. The Morgan fingerprint density at radius 3 is 2.25 bits per heavy atom. The summed E-state index contributed by atoms with van der Waals surface area (Å²) in [6.07, 6.45) is 1.64. The molecule has 0 fully saturated rings. The topological polar surface area (TPSA) is 46.3 Å². The molecule has 1 amide bonds. The molecule has 0 spiro atoms. The Bertz CT molecular complexity index is 431. The Morgan fingerprint density at radius 2 is 1.80 bits per heavy atom. The molecular formula is C17H28N2O. The molecule has 0 aromatic heterocycles. The average Bonchev–Trinajstić information content (AvgIpc) is 2.35. The van der Waals surface area contributed by atoms with Crippen molar-refractivity contribution < 1.29 is 4.79 Å². The summed E-state index contributed by atoms with van der Waals surface area (Å²) in [6.45, 7) is 9.31. The van der Waals surface area contributed by atoms with Crippen LogP contribution in [0.4, 0.5) is 5.69 Å². The molecule has 3 heteroatoms. The van der Waals surface area contributed by atoms with E-state index in [1.807, 2.05) is 31.3 Å². The molecule has 112 valence electrons. The number of amides is 1. The van der Waals surface area contributed by atoms with E-state index < -0.39 is 0 Å². The Morgan fingerprint density at radius 1 is 1.25 bits per heavy atom. The Balaban J connectivity index is 2.62. The molecule has 1 rings (SSSR count). The van der Waals surface area contributed by atoms with Crippen molar-refractivity contribution in [3.63, 3.8) is 0 Å². The highest BCUT2D eigenvalue weighted by Gasteiger charge is 2.20. The molecule has 0 aliphatic carbocycles. The summed E-state index contributed by atoms with van der Waals surface area (Å²) < 4.78 is 0. The minimum atomic E-state index is 0.169. The first-order valence-electron chi connectivity index (χ1n) is 7.28. The van der Waals surface area contributed by atoms with Gasteiger partial charge in [0.25, 0.3) is 0 Å². The normalized spacial score (nSPS) is 13.1. The molecule has 1 unspecified atom stereocenters. The molecule has 0 saturated heterocycles. The SMILES string of the molecule is CC(CC(=O)N(C)c1ccc(CN)cc1)CC(C)(C)C. The second kappa shape index (κ2) is 6.89. The number of anilines is 1. The van der Waals surface area contributed by atoms with Crippen LogP contribution in [0.2, 0.25) is 0 Å². The van der Waals surface area contributed by atoms with E-state index in [0.717, 1.165) is 17.7 Å². The van der Waals surface area contributed by atoms with E-state index in [1.165, 1.54) is 0 Å². The van der Waals surface area contributed by atoms with Crippen molar-refractivity contribution in [3.05, 3.63) is 29.8 Å². The fourth-order valence-corrected chi connectivity index (χ4v) is 2.55. The second-order valence-electron chi connectivity index (χ2n) is 6.90. The highest BCUT2D eigenvalue weighted by atomic mass is 16.2. The first-order valence-corrected chi connectivity index (χ1v) is 7.28. The highest BCUT2D eigenvalue weighted by Crippen LogP contribution is 2.26. The predicted octanol–water partition coefficient (Wildman–Crippen LogP) is 3.57. The van der Waals surface area contributed by atoms with Gasteiger partial charge in [-0.05, 0) is 35.4 Å². The van der Waals surface area contributed by atoms with E-state index in [0.29, 0.717) is 18.9 Å². The second-order valence-corrected chi connectivity index (χ2v) is 6.90. The van der Waals surface area contributed by atoms with Crippen LogP contribution < -0.4 is 10.6 Å². The summed E-state index contributed by atoms with van der Waals surface area (Å²) in [5.41, 5.74) is 7.85. The van der Waals surface area contributed by atoms with Crippen molar-refractivity contribution in [3.8, 4) is 0 Å². The minimum absolute atomic E-state index is 0.169. The molecule has 1 atom stereocenters. The van der Waals surface area contributed by atoms with Gasteiger partial charge in [0.05, 0.1) is 0 Å². The van der Waals surface area contributed by atoms with Gasteiger partial charge >= 0.3 is 0 Å². The van der Waals surface area contributed by atoms with Crippen LogP contribution in [-0.4, -0.2) is 13.0 Å². The van der Waals surface area contributed by atoms with Crippen molar-refractivity contribution in [2.45, 2.75) is 47.1 Å². The van der Waals surface area contributed by atoms with Crippen molar-refractivity contribution in [2.24, 2.45) is 17.1 Å². The molecule has 0 aliphatic rings. The van der Waals surface area contributed by atoms with Crippen molar-refractivity contribution in [1.29, 1.82) is 0 Å². The van der Waals surface area contributed by atoms with Crippen molar-refractivity contribution in [2.75, 3.05) is 11.9 Å². The van der Waals surface area contributed by atoms with Crippen LogP contribution in [0.15, 0.2) is 24.3 Å². The molecule has 2 N–H and O–H groups in total. The van der Waals surface area contributed by atoms with Crippen LogP contribution in [0.1, 0.15) is 46.1 Å². The largest absolute Gasteiger partial charge is 0.326 e. The zero-order chi connectivity index (χ0) is 15.3. The van der Waals surface area contributed by atoms with E-state index in [4.69, 9.17) is 5.73 Å². The highest BCUT2D eigenvalue weighted by molar-refractivity contribution is 5.92. The Hall–Kier alpha value is -1.35. The van der Waals surface area contributed by atoms with Crippen LogP contribution in [0.3, 0.4) is 0 Å².